The predicted octanol–water partition coefficient (Wildman–Crippen LogP) is 3.35. The number of fused-ring (bicyclic) bond motifs is 2. The highest BCUT2D eigenvalue weighted by Crippen LogP contribution is 2.43. The first-order valence-corrected chi connectivity index (χ1v) is 14.4. The van der Waals surface area contributed by atoms with Crippen LogP contribution in [-0.4, -0.2) is 102 Å². The molecule has 210 valence electrons. The molecular formula is C30H48N4O4+2. The Morgan fingerprint density at radius 2 is 1.42 bits per heavy atom. The molecule has 0 amide bonds. The molecule has 2 unspecified atom stereocenters. The topological polar surface area (TPSA) is 98.7 Å². The number of rotatable bonds is 14. The van der Waals surface area contributed by atoms with Crippen molar-refractivity contribution in [1.29, 1.82) is 0 Å². The van der Waals surface area contributed by atoms with E-state index in [0.29, 0.717) is 29.9 Å². The molecule has 0 aromatic heterocycles. The van der Waals surface area contributed by atoms with E-state index in [1.54, 1.807) is 12.1 Å². The average Bonchev–Trinajstić information content (AvgIpc) is 2.94. The van der Waals surface area contributed by atoms with Gasteiger partial charge in [0.25, 0.3) is 0 Å². The summed E-state index contributed by atoms with van der Waals surface area (Å²) in [4.78, 5) is 27.0. The molecule has 2 aliphatic rings. The standard InChI is InChI=1S/C30H46N4O4/c1-7-33(8-2,9-3)20-18-31-23-15-13-14-22-25(23)29(37)27-26(28(22)36)24(35)16-17-30(27,38)32-19-21-34(10-4,11-5)12-6/h13-17,27,32,38H,7-12,18-21H2,1-6H3/p+2. The van der Waals surface area contributed by atoms with Gasteiger partial charge in [0.15, 0.2) is 11.6 Å². The Balaban J connectivity index is 1.93. The van der Waals surface area contributed by atoms with E-state index in [1.807, 2.05) is 6.07 Å². The van der Waals surface area contributed by atoms with Crippen molar-refractivity contribution < 1.29 is 28.8 Å². The van der Waals surface area contributed by atoms with Gasteiger partial charge in [-0.15, -0.1) is 0 Å². The van der Waals surface area contributed by atoms with Crippen molar-refractivity contribution >= 4 is 23.0 Å². The van der Waals surface area contributed by atoms with Crippen LogP contribution in [0, 0.1) is 5.92 Å². The third-order valence-corrected chi connectivity index (χ3v) is 9.49. The van der Waals surface area contributed by atoms with Crippen LogP contribution in [0.3, 0.4) is 0 Å². The minimum Gasteiger partial charge on any atom is -0.507 e. The minimum atomic E-state index is -1.78. The molecule has 38 heavy (non-hydrogen) atoms. The number of benzene rings is 1. The monoisotopic (exact) mass is 528 g/mol. The smallest absolute Gasteiger partial charge is 0.186 e. The second-order valence-corrected chi connectivity index (χ2v) is 10.7. The van der Waals surface area contributed by atoms with E-state index in [-0.39, 0.29) is 17.1 Å². The Morgan fingerprint density at radius 3 is 1.97 bits per heavy atom. The van der Waals surface area contributed by atoms with Crippen LogP contribution in [0.4, 0.5) is 5.69 Å². The highest BCUT2D eigenvalue weighted by molar-refractivity contribution is 6.22. The molecule has 1 aromatic carbocycles. The summed E-state index contributed by atoms with van der Waals surface area (Å²) < 4.78 is 1.84. The van der Waals surface area contributed by atoms with Crippen LogP contribution in [0.1, 0.15) is 57.5 Å². The third kappa shape index (κ3) is 5.45. The van der Waals surface area contributed by atoms with Gasteiger partial charge in [-0.05, 0) is 59.8 Å². The summed E-state index contributed by atoms with van der Waals surface area (Å²) in [6.45, 7) is 21.8. The molecule has 0 radical (unpaired) electrons. The van der Waals surface area contributed by atoms with Crippen molar-refractivity contribution in [3.05, 3.63) is 47.1 Å². The van der Waals surface area contributed by atoms with E-state index in [1.165, 1.54) is 12.2 Å². The number of nitrogens with zero attached hydrogens (tertiary/aromatic N) is 2. The molecule has 0 fully saturated rings. The number of Topliss-reactive ketones (excluding diaryl/α,β-unsaturated/α-hetero) is 1. The quantitative estimate of drug-likeness (QED) is 0.218. The fraction of sp³-hybridized carbons (Fsp3) is 0.600. The number of hydrogen-bond donors (Lipinski definition) is 4. The first kappa shape index (κ1) is 30.0. The predicted molar refractivity (Wildman–Crippen MR) is 153 cm³/mol. The summed E-state index contributed by atoms with van der Waals surface area (Å²) >= 11 is 0. The van der Waals surface area contributed by atoms with Gasteiger partial charge in [-0.2, -0.15) is 0 Å². The van der Waals surface area contributed by atoms with Crippen LogP contribution in [0.15, 0.2) is 35.9 Å². The van der Waals surface area contributed by atoms with E-state index >= 15 is 0 Å². The maximum absolute atomic E-state index is 14.1. The number of hydrogen-bond acceptors (Lipinski definition) is 6. The molecule has 0 aliphatic heterocycles. The maximum Gasteiger partial charge on any atom is 0.186 e. The molecule has 2 atom stereocenters. The second-order valence-electron chi connectivity index (χ2n) is 10.7. The fourth-order valence-corrected chi connectivity index (χ4v) is 6.16. The molecule has 1 aromatic rings. The van der Waals surface area contributed by atoms with Crippen LogP contribution in [0.25, 0.3) is 5.76 Å². The molecule has 0 saturated heterocycles. The number of carbonyl (C=O) groups is 2. The Morgan fingerprint density at radius 1 is 0.868 bits per heavy atom. The van der Waals surface area contributed by atoms with Crippen LogP contribution in [0.5, 0.6) is 0 Å². The van der Waals surface area contributed by atoms with Crippen molar-refractivity contribution in [3.63, 3.8) is 0 Å². The summed E-state index contributed by atoms with van der Waals surface area (Å²) in [5.41, 5.74) is -0.549. The second kappa shape index (κ2) is 12.1. The van der Waals surface area contributed by atoms with Crippen LogP contribution in [-0.2, 0) is 4.79 Å². The summed E-state index contributed by atoms with van der Waals surface area (Å²) in [6.07, 6.45) is 2.64. The number of quaternary nitrogens is 2. The third-order valence-electron chi connectivity index (χ3n) is 9.49. The molecule has 0 bridgehead atoms. The Kier molecular flexibility index (Phi) is 9.57. The Labute approximate surface area is 228 Å². The van der Waals surface area contributed by atoms with Crippen molar-refractivity contribution in [2.75, 3.05) is 70.8 Å². The van der Waals surface area contributed by atoms with Crippen molar-refractivity contribution in [3.8, 4) is 0 Å². The minimum absolute atomic E-state index is 0.0435. The van der Waals surface area contributed by atoms with Gasteiger partial charge in [-0.1, -0.05) is 12.1 Å². The van der Waals surface area contributed by atoms with Crippen molar-refractivity contribution in [2.45, 2.75) is 47.3 Å². The van der Waals surface area contributed by atoms with Gasteiger partial charge in [-0.25, -0.2) is 0 Å². The number of allylic oxidation sites excluding steroid dienone is 1. The molecule has 4 N–H and O–H groups in total. The lowest BCUT2D eigenvalue weighted by atomic mass is 9.71. The lowest BCUT2D eigenvalue weighted by Crippen LogP contribution is -2.60. The van der Waals surface area contributed by atoms with Crippen molar-refractivity contribution in [2.24, 2.45) is 5.92 Å². The molecule has 2 aliphatic carbocycles. The first-order chi connectivity index (χ1) is 18.1. The number of anilines is 1. The van der Waals surface area contributed by atoms with Gasteiger partial charge in [0, 0.05) is 17.8 Å². The molecule has 0 saturated carbocycles. The molecule has 8 nitrogen and oxygen atoms in total. The number of aliphatic hydroxyl groups excluding tert-OH is 1. The number of ketones is 2. The summed E-state index contributed by atoms with van der Waals surface area (Å²) in [6, 6.07) is 5.27. The number of likely N-dealkylation sites (N-methyl/N-ethyl adjacent to an activating group) is 2. The van der Waals surface area contributed by atoms with Gasteiger partial charge < -0.3 is 24.5 Å². The SMILES string of the molecule is CC[N+](CC)(CC)CCNc1cccc2c1C(=O)C1C(=C2O)C(=O)C=CC1(O)NCC[N+](CC)(CC)CC. The maximum atomic E-state index is 14.1. The largest absolute Gasteiger partial charge is 0.507 e. The normalized spacial score (nSPS) is 21.5. The number of nitrogens with one attached hydrogen (secondary N) is 2. The average molecular weight is 529 g/mol. The highest BCUT2D eigenvalue weighted by atomic mass is 16.3. The van der Waals surface area contributed by atoms with E-state index in [2.05, 4.69) is 52.2 Å². The zero-order valence-corrected chi connectivity index (χ0v) is 24.1. The lowest BCUT2D eigenvalue weighted by molar-refractivity contribution is -0.922. The van der Waals surface area contributed by atoms with Crippen LogP contribution < -0.4 is 10.6 Å². The van der Waals surface area contributed by atoms with Gasteiger partial charge >= 0.3 is 0 Å². The van der Waals surface area contributed by atoms with Gasteiger partial charge in [-0.3, -0.25) is 14.9 Å². The summed E-state index contributed by atoms with van der Waals surface area (Å²) in [5, 5.41) is 29.6. The molecular weight excluding hydrogens is 480 g/mol. The van der Waals surface area contributed by atoms with Crippen LogP contribution >= 0.6 is 0 Å². The van der Waals surface area contributed by atoms with Gasteiger partial charge in [0.05, 0.1) is 70.0 Å². The van der Waals surface area contributed by atoms with E-state index in [0.717, 1.165) is 61.3 Å². The molecule has 3 rings (SSSR count). The summed E-state index contributed by atoms with van der Waals surface area (Å²) in [7, 11) is 0. The Hall–Kier alpha value is -2.52. The number of aliphatic hydroxyl groups is 2. The zero-order valence-electron chi connectivity index (χ0n) is 24.1. The van der Waals surface area contributed by atoms with E-state index < -0.39 is 17.4 Å². The van der Waals surface area contributed by atoms with E-state index in [9.17, 15) is 19.8 Å². The lowest BCUT2D eigenvalue weighted by Gasteiger charge is -2.41. The highest BCUT2D eigenvalue weighted by Gasteiger charge is 2.51. The molecule has 8 heteroatoms. The summed E-state index contributed by atoms with van der Waals surface area (Å²) in [5.74, 6) is -2.27. The fourth-order valence-electron chi connectivity index (χ4n) is 6.16. The number of carbonyl (C=O) groups excluding carboxylic acids is 2. The van der Waals surface area contributed by atoms with Gasteiger partial charge in [0.1, 0.15) is 17.4 Å². The zero-order chi connectivity index (χ0) is 28.1. The van der Waals surface area contributed by atoms with Crippen molar-refractivity contribution in [1.82, 2.24) is 5.32 Å². The van der Waals surface area contributed by atoms with E-state index in [4.69, 9.17) is 0 Å². The van der Waals surface area contributed by atoms with Crippen LogP contribution in [0.2, 0.25) is 0 Å². The molecule has 0 heterocycles. The Bertz CT molecular complexity index is 1070. The molecule has 0 spiro atoms. The first-order valence-electron chi connectivity index (χ1n) is 14.4. The van der Waals surface area contributed by atoms with Gasteiger partial charge in [0.2, 0.25) is 0 Å².